The molecule has 0 N–H and O–H groups in total. The van der Waals surface area contributed by atoms with E-state index < -0.39 is 0 Å². The van der Waals surface area contributed by atoms with Crippen molar-refractivity contribution in [2.75, 3.05) is 18.1 Å². The largest absolute Gasteiger partial charge is 0.489 e. The van der Waals surface area contributed by atoms with Crippen LogP contribution in [0.3, 0.4) is 0 Å². The molecule has 14 heavy (non-hydrogen) atoms. The average Bonchev–Trinajstić information content (AvgIpc) is 2.16. The number of hydrogen-bond donors (Lipinski definition) is 0. The molecule has 0 bridgehead atoms. The second-order valence-corrected chi connectivity index (χ2v) is 4.05. The molecule has 4 heteroatoms. The first-order chi connectivity index (χ1) is 6.68. The minimum absolute atomic E-state index is 0.0527. The minimum atomic E-state index is 0.0527. The third-order valence-corrected chi connectivity index (χ3v) is 2.66. The Kier molecular flexibility index (Phi) is 2.46. The Bertz CT molecular complexity index is 378. The van der Waals surface area contributed by atoms with Gasteiger partial charge in [0.2, 0.25) is 5.91 Å². The summed E-state index contributed by atoms with van der Waals surface area (Å²) in [6.07, 6.45) is 0. The van der Waals surface area contributed by atoms with Crippen LogP contribution in [0.15, 0.2) is 22.7 Å². The third-order valence-electron chi connectivity index (χ3n) is 2.17. The summed E-state index contributed by atoms with van der Waals surface area (Å²) in [5, 5.41) is 0. The van der Waals surface area contributed by atoms with Crippen LogP contribution < -0.4 is 9.64 Å². The number of benzene rings is 1. The molecule has 1 amide bonds. The highest BCUT2D eigenvalue weighted by molar-refractivity contribution is 9.10. The molecule has 1 aromatic rings. The van der Waals surface area contributed by atoms with Crippen LogP contribution in [-0.4, -0.2) is 19.1 Å². The summed E-state index contributed by atoms with van der Waals surface area (Å²) in [6, 6.07) is 5.67. The van der Waals surface area contributed by atoms with E-state index in [0.717, 1.165) is 15.9 Å². The standard InChI is InChI=1S/C10H10BrNO2/c1-7(13)12-4-5-14-10-6-8(11)2-3-9(10)12/h2-3,6H,4-5H2,1H3. The fraction of sp³-hybridized carbons (Fsp3) is 0.300. The van der Waals surface area contributed by atoms with Gasteiger partial charge in [-0.25, -0.2) is 0 Å². The molecule has 0 aromatic heterocycles. The van der Waals surface area contributed by atoms with Gasteiger partial charge < -0.3 is 9.64 Å². The monoisotopic (exact) mass is 255 g/mol. The lowest BCUT2D eigenvalue weighted by Gasteiger charge is -2.28. The Morgan fingerprint density at radius 1 is 1.57 bits per heavy atom. The molecule has 0 aliphatic carbocycles. The van der Waals surface area contributed by atoms with Crippen molar-refractivity contribution >= 4 is 27.5 Å². The summed E-state index contributed by atoms with van der Waals surface area (Å²) >= 11 is 3.36. The predicted octanol–water partition coefficient (Wildman–Crippen LogP) is 2.19. The lowest BCUT2D eigenvalue weighted by molar-refractivity contribution is -0.116. The summed E-state index contributed by atoms with van der Waals surface area (Å²) < 4.78 is 6.42. The van der Waals surface area contributed by atoms with Crippen molar-refractivity contribution in [3.8, 4) is 5.75 Å². The van der Waals surface area contributed by atoms with Gasteiger partial charge in [0.05, 0.1) is 12.2 Å². The van der Waals surface area contributed by atoms with Gasteiger partial charge in [-0.2, -0.15) is 0 Å². The number of anilines is 1. The maximum atomic E-state index is 11.3. The molecule has 1 aromatic carbocycles. The first-order valence-electron chi connectivity index (χ1n) is 4.39. The van der Waals surface area contributed by atoms with Gasteiger partial charge >= 0.3 is 0 Å². The highest BCUT2D eigenvalue weighted by Crippen LogP contribution is 2.33. The lowest BCUT2D eigenvalue weighted by atomic mass is 10.2. The molecule has 1 aliphatic rings. The zero-order valence-electron chi connectivity index (χ0n) is 7.79. The van der Waals surface area contributed by atoms with Gasteiger partial charge in [-0.1, -0.05) is 15.9 Å². The zero-order valence-corrected chi connectivity index (χ0v) is 9.37. The zero-order chi connectivity index (χ0) is 10.1. The van der Waals surface area contributed by atoms with Crippen LogP contribution in [0.2, 0.25) is 0 Å². The molecule has 2 rings (SSSR count). The number of carbonyl (C=O) groups is 1. The van der Waals surface area contributed by atoms with Crippen LogP contribution in [0, 0.1) is 0 Å². The quantitative estimate of drug-likeness (QED) is 0.712. The van der Waals surface area contributed by atoms with Crippen LogP contribution in [0.25, 0.3) is 0 Å². The van der Waals surface area contributed by atoms with E-state index in [1.807, 2.05) is 18.2 Å². The number of fused-ring (bicyclic) bond motifs is 1. The maximum absolute atomic E-state index is 11.3. The number of carbonyl (C=O) groups excluding carboxylic acids is 1. The fourth-order valence-electron chi connectivity index (χ4n) is 1.52. The molecule has 0 saturated carbocycles. The van der Waals surface area contributed by atoms with E-state index in [9.17, 15) is 4.79 Å². The smallest absolute Gasteiger partial charge is 0.224 e. The Labute approximate surface area is 90.8 Å². The van der Waals surface area contributed by atoms with Gasteiger partial charge in [0.15, 0.2) is 0 Å². The molecule has 0 atom stereocenters. The van der Waals surface area contributed by atoms with E-state index in [1.54, 1.807) is 11.8 Å². The van der Waals surface area contributed by atoms with Gasteiger partial charge in [-0.15, -0.1) is 0 Å². The SMILES string of the molecule is CC(=O)N1CCOc2cc(Br)ccc21. The van der Waals surface area contributed by atoms with Crippen LogP contribution in [0.4, 0.5) is 5.69 Å². The number of amides is 1. The van der Waals surface area contributed by atoms with Crippen molar-refractivity contribution in [1.82, 2.24) is 0 Å². The molecule has 0 spiro atoms. The molecule has 1 aliphatic heterocycles. The van der Waals surface area contributed by atoms with Crippen LogP contribution >= 0.6 is 15.9 Å². The molecule has 0 unspecified atom stereocenters. The number of halogens is 1. The van der Waals surface area contributed by atoms with E-state index in [1.165, 1.54) is 0 Å². The van der Waals surface area contributed by atoms with Crippen molar-refractivity contribution in [3.63, 3.8) is 0 Å². The number of rotatable bonds is 0. The second-order valence-electron chi connectivity index (χ2n) is 3.13. The lowest BCUT2D eigenvalue weighted by Crippen LogP contribution is -2.36. The molecule has 3 nitrogen and oxygen atoms in total. The topological polar surface area (TPSA) is 29.5 Å². The summed E-state index contributed by atoms with van der Waals surface area (Å²) in [6.45, 7) is 2.75. The van der Waals surface area contributed by atoms with Crippen molar-refractivity contribution in [2.24, 2.45) is 0 Å². The van der Waals surface area contributed by atoms with E-state index >= 15 is 0 Å². The molecule has 74 valence electrons. The summed E-state index contributed by atoms with van der Waals surface area (Å²) in [5.41, 5.74) is 0.854. The van der Waals surface area contributed by atoms with Crippen LogP contribution in [0.1, 0.15) is 6.92 Å². The predicted molar refractivity (Wildman–Crippen MR) is 57.7 cm³/mol. The van der Waals surface area contributed by atoms with Gasteiger partial charge in [0.25, 0.3) is 0 Å². The molecule has 0 radical (unpaired) electrons. The van der Waals surface area contributed by atoms with Crippen LogP contribution in [-0.2, 0) is 4.79 Å². The highest BCUT2D eigenvalue weighted by Gasteiger charge is 2.20. The van der Waals surface area contributed by atoms with Crippen molar-refractivity contribution in [1.29, 1.82) is 0 Å². The van der Waals surface area contributed by atoms with Gasteiger partial charge in [0, 0.05) is 11.4 Å². The van der Waals surface area contributed by atoms with E-state index in [0.29, 0.717) is 13.2 Å². The Morgan fingerprint density at radius 3 is 3.07 bits per heavy atom. The molecule has 0 saturated heterocycles. The average molecular weight is 256 g/mol. The molecule has 1 heterocycles. The first-order valence-corrected chi connectivity index (χ1v) is 5.18. The van der Waals surface area contributed by atoms with Crippen molar-refractivity contribution in [3.05, 3.63) is 22.7 Å². The maximum Gasteiger partial charge on any atom is 0.224 e. The Balaban J connectivity index is 2.44. The van der Waals surface area contributed by atoms with Gasteiger partial charge in [-0.3, -0.25) is 4.79 Å². The van der Waals surface area contributed by atoms with E-state index in [2.05, 4.69) is 15.9 Å². The molecular formula is C10H10BrNO2. The van der Waals surface area contributed by atoms with E-state index in [-0.39, 0.29) is 5.91 Å². The number of nitrogens with zero attached hydrogens (tertiary/aromatic N) is 1. The first kappa shape index (κ1) is 9.52. The fourth-order valence-corrected chi connectivity index (χ4v) is 1.86. The van der Waals surface area contributed by atoms with Crippen molar-refractivity contribution in [2.45, 2.75) is 6.92 Å². The van der Waals surface area contributed by atoms with Crippen molar-refractivity contribution < 1.29 is 9.53 Å². The van der Waals surface area contributed by atoms with E-state index in [4.69, 9.17) is 4.74 Å². The highest BCUT2D eigenvalue weighted by atomic mass is 79.9. The summed E-state index contributed by atoms with van der Waals surface area (Å²) in [7, 11) is 0. The number of hydrogen-bond acceptors (Lipinski definition) is 2. The summed E-state index contributed by atoms with van der Waals surface area (Å²) in [4.78, 5) is 13.0. The minimum Gasteiger partial charge on any atom is -0.489 e. The van der Waals surface area contributed by atoms with Gasteiger partial charge in [-0.05, 0) is 18.2 Å². The number of ether oxygens (including phenoxy) is 1. The third kappa shape index (κ3) is 1.62. The van der Waals surface area contributed by atoms with Gasteiger partial charge in [0.1, 0.15) is 12.4 Å². The molecule has 0 fully saturated rings. The molecular weight excluding hydrogens is 246 g/mol. The second kappa shape index (κ2) is 3.61. The Morgan fingerprint density at radius 2 is 2.36 bits per heavy atom. The normalized spacial score (nSPS) is 14.6. The van der Waals surface area contributed by atoms with Crippen LogP contribution in [0.5, 0.6) is 5.75 Å². The summed E-state index contributed by atoms with van der Waals surface area (Å²) in [5.74, 6) is 0.817. The Hall–Kier alpha value is -1.03.